The summed E-state index contributed by atoms with van der Waals surface area (Å²) in [6.07, 6.45) is -0.447. The third-order valence-electron chi connectivity index (χ3n) is 13.1. The molecule has 5 fully saturated rings. The van der Waals surface area contributed by atoms with Crippen molar-refractivity contribution < 1.29 is 36.2 Å². The van der Waals surface area contributed by atoms with E-state index >= 15 is 0 Å². The van der Waals surface area contributed by atoms with Crippen molar-refractivity contribution in [1.29, 1.82) is 0 Å². The van der Waals surface area contributed by atoms with Gasteiger partial charge in [0.25, 0.3) is 0 Å². The lowest BCUT2D eigenvalue weighted by atomic mass is 9.44. The molecule has 0 amide bonds. The van der Waals surface area contributed by atoms with Crippen LogP contribution in [0.2, 0.25) is 0 Å². The molecule has 1 saturated heterocycles. The summed E-state index contributed by atoms with van der Waals surface area (Å²) in [5.74, 6) is 1.37. The highest BCUT2D eigenvalue weighted by atomic mass is 32.2. The maximum Gasteiger partial charge on any atom is 0.417 e. The maximum atomic E-state index is 14.7. The van der Waals surface area contributed by atoms with Crippen LogP contribution in [0, 0.1) is 34.5 Å². The van der Waals surface area contributed by atoms with Gasteiger partial charge in [-0.1, -0.05) is 26.0 Å². The summed E-state index contributed by atoms with van der Waals surface area (Å²) in [5, 5.41) is 22.7. The molecule has 44 heavy (non-hydrogen) atoms. The summed E-state index contributed by atoms with van der Waals surface area (Å²) >= 11 is 0. The van der Waals surface area contributed by atoms with Crippen LogP contribution in [0.15, 0.2) is 29.2 Å². The lowest BCUT2D eigenvalue weighted by molar-refractivity contribution is -0.162. The van der Waals surface area contributed by atoms with E-state index in [2.05, 4.69) is 18.7 Å². The minimum atomic E-state index is -4.79. The molecule has 4 saturated carbocycles. The molecule has 6 rings (SSSR count). The Kier molecular flexibility index (Phi) is 8.08. The Morgan fingerprint density at radius 2 is 1.66 bits per heavy atom. The van der Waals surface area contributed by atoms with E-state index in [-0.39, 0.29) is 29.3 Å². The molecule has 1 heterocycles. The molecule has 11 heteroatoms. The molecule has 0 aromatic heterocycles. The van der Waals surface area contributed by atoms with Crippen LogP contribution < -0.4 is 0 Å². The van der Waals surface area contributed by atoms with E-state index in [1.54, 1.807) is 6.92 Å². The van der Waals surface area contributed by atoms with Gasteiger partial charge in [-0.25, -0.2) is 12.8 Å². The first-order chi connectivity index (χ1) is 20.4. The summed E-state index contributed by atoms with van der Waals surface area (Å²) in [7, 11) is -4.40. The minimum absolute atomic E-state index is 0.0399. The number of alkyl halides is 4. The van der Waals surface area contributed by atoms with Gasteiger partial charge in [0.2, 0.25) is 10.0 Å². The molecule has 0 bridgehead atoms. The number of rotatable bonds is 4. The topological polar surface area (TPSA) is 81.1 Å². The van der Waals surface area contributed by atoms with Crippen molar-refractivity contribution in [1.82, 2.24) is 9.21 Å². The molecule has 248 valence electrons. The second-order valence-electron chi connectivity index (χ2n) is 15.5. The van der Waals surface area contributed by atoms with E-state index in [0.717, 1.165) is 44.2 Å². The lowest BCUT2D eigenvalue weighted by Gasteiger charge is -2.62. The number of sulfonamides is 1. The van der Waals surface area contributed by atoms with Gasteiger partial charge in [0.05, 0.1) is 22.2 Å². The van der Waals surface area contributed by atoms with Crippen molar-refractivity contribution in [3.63, 3.8) is 0 Å². The number of aliphatic hydroxyl groups is 2. The number of benzene rings is 1. The van der Waals surface area contributed by atoms with Crippen LogP contribution in [0.5, 0.6) is 0 Å². The standard InChI is InChI=1S/C33H48F4N2O4S/c1-20-18-39(44(42,43)28-8-6-5-7-25(28)33(35,36)37)21(2)17-38(20)19-32(41)14-13-30(3)22(16-32)9-10-23-24(30)11-12-31(4)26(23)15-27(34)29(31)40/h5-8,20-24,26-27,29,40-41H,9-19H2,1-4H3/t20?,21?,22-,23+,24-,26-,27+,29-,30-,31-,32+/m0/s1. The highest BCUT2D eigenvalue weighted by molar-refractivity contribution is 7.89. The van der Waals surface area contributed by atoms with Gasteiger partial charge < -0.3 is 10.2 Å². The average Bonchev–Trinajstić information content (AvgIpc) is 3.18. The Morgan fingerprint density at radius 3 is 2.36 bits per heavy atom. The molecule has 1 aliphatic heterocycles. The average molecular weight is 645 g/mol. The normalized spacial score (nSPS) is 45.4. The van der Waals surface area contributed by atoms with E-state index in [1.165, 1.54) is 16.4 Å². The van der Waals surface area contributed by atoms with Crippen molar-refractivity contribution in [3.8, 4) is 0 Å². The third kappa shape index (κ3) is 5.15. The second kappa shape index (κ2) is 10.9. The Hall–Kier alpha value is -1.27. The quantitative estimate of drug-likeness (QED) is 0.401. The fraction of sp³-hybridized carbons (Fsp3) is 0.818. The van der Waals surface area contributed by atoms with E-state index in [1.807, 2.05) is 6.92 Å². The predicted molar refractivity (Wildman–Crippen MR) is 159 cm³/mol. The summed E-state index contributed by atoms with van der Waals surface area (Å²) in [5.41, 5.74) is -2.40. The Balaban J connectivity index is 1.14. The van der Waals surface area contributed by atoms with Crippen molar-refractivity contribution >= 4 is 10.0 Å². The fourth-order valence-corrected chi connectivity index (χ4v) is 12.5. The SMILES string of the molecule is CC1CN(S(=O)(=O)c2ccccc2C(F)(F)F)C(C)CN1C[C@@]1(O)CC[C@@]2(C)[C@@H](CC[C@@H]3[C@@H]2CC[C@]2(C)[C@@H](O)[C@H](F)C[C@@H]32)C1. The van der Waals surface area contributed by atoms with E-state index in [9.17, 15) is 36.2 Å². The number of fused-ring (bicyclic) bond motifs is 5. The molecule has 0 spiro atoms. The van der Waals surface area contributed by atoms with Gasteiger partial charge in [-0.2, -0.15) is 17.5 Å². The van der Waals surface area contributed by atoms with Gasteiger partial charge in [0.15, 0.2) is 0 Å². The van der Waals surface area contributed by atoms with Gasteiger partial charge in [0, 0.05) is 31.7 Å². The van der Waals surface area contributed by atoms with Crippen LogP contribution in [0.3, 0.4) is 0 Å². The van der Waals surface area contributed by atoms with Crippen molar-refractivity contribution in [3.05, 3.63) is 29.8 Å². The molecule has 2 N–H and O–H groups in total. The van der Waals surface area contributed by atoms with E-state index < -0.39 is 50.6 Å². The summed E-state index contributed by atoms with van der Waals surface area (Å²) in [6.45, 7) is 8.78. The Morgan fingerprint density at radius 1 is 0.955 bits per heavy atom. The molecule has 11 atom stereocenters. The van der Waals surface area contributed by atoms with Crippen LogP contribution >= 0.6 is 0 Å². The molecule has 4 aliphatic carbocycles. The molecule has 5 aliphatic rings. The van der Waals surface area contributed by atoms with Gasteiger partial charge in [-0.05, 0) is 112 Å². The summed E-state index contributed by atoms with van der Waals surface area (Å²) in [4.78, 5) is 1.38. The van der Waals surface area contributed by atoms with Crippen LogP contribution in [-0.2, 0) is 16.2 Å². The highest BCUT2D eigenvalue weighted by Crippen LogP contribution is 2.67. The Bertz CT molecular complexity index is 1360. The van der Waals surface area contributed by atoms with E-state index in [0.29, 0.717) is 50.1 Å². The third-order valence-corrected chi connectivity index (χ3v) is 15.1. The van der Waals surface area contributed by atoms with Gasteiger partial charge in [-0.15, -0.1) is 0 Å². The lowest BCUT2D eigenvalue weighted by Crippen LogP contribution is -2.62. The smallest absolute Gasteiger partial charge is 0.390 e. The number of nitrogens with zero attached hydrogens (tertiary/aromatic N) is 2. The first-order valence-electron chi connectivity index (χ1n) is 16.4. The first kappa shape index (κ1) is 32.7. The molecule has 2 unspecified atom stereocenters. The zero-order chi connectivity index (χ0) is 32.0. The first-order valence-corrected chi connectivity index (χ1v) is 17.8. The van der Waals surface area contributed by atoms with Crippen LogP contribution in [0.1, 0.15) is 84.6 Å². The maximum absolute atomic E-state index is 14.7. The predicted octanol–water partition coefficient (Wildman–Crippen LogP) is 5.87. The van der Waals surface area contributed by atoms with Crippen molar-refractivity contribution in [2.45, 2.75) is 120 Å². The Labute approximate surface area is 259 Å². The molecule has 0 radical (unpaired) electrons. The molecular weight excluding hydrogens is 596 g/mol. The largest absolute Gasteiger partial charge is 0.417 e. The number of piperazine rings is 1. The number of aliphatic hydroxyl groups excluding tert-OH is 1. The summed E-state index contributed by atoms with van der Waals surface area (Å²) < 4.78 is 84.0. The van der Waals surface area contributed by atoms with Crippen LogP contribution in [-0.4, -0.2) is 77.4 Å². The van der Waals surface area contributed by atoms with Crippen LogP contribution in [0.4, 0.5) is 17.6 Å². The van der Waals surface area contributed by atoms with Crippen LogP contribution in [0.25, 0.3) is 0 Å². The zero-order valence-corrected chi connectivity index (χ0v) is 27.0. The molecular formula is C33H48F4N2O4S. The number of hydrogen-bond acceptors (Lipinski definition) is 5. The van der Waals surface area contributed by atoms with Gasteiger partial charge in [-0.3, -0.25) is 4.90 Å². The second-order valence-corrected chi connectivity index (χ2v) is 17.4. The number of halogens is 4. The van der Waals surface area contributed by atoms with Gasteiger partial charge >= 0.3 is 6.18 Å². The minimum Gasteiger partial charge on any atom is -0.390 e. The highest BCUT2D eigenvalue weighted by Gasteiger charge is 2.63. The van der Waals surface area contributed by atoms with Gasteiger partial charge in [0.1, 0.15) is 6.17 Å². The number of hydrogen-bond donors (Lipinski definition) is 2. The van der Waals surface area contributed by atoms with Crippen molar-refractivity contribution in [2.75, 3.05) is 19.6 Å². The molecule has 1 aromatic carbocycles. The number of β-amino-alcohol motifs (C(OH)–C–C–N with tert-alkyl or cyclic N) is 1. The fourth-order valence-electron chi connectivity index (χ4n) is 10.6. The molecule has 6 nitrogen and oxygen atoms in total. The monoisotopic (exact) mass is 644 g/mol. The molecule has 1 aromatic rings. The van der Waals surface area contributed by atoms with E-state index in [4.69, 9.17) is 0 Å². The van der Waals surface area contributed by atoms with Crippen molar-refractivity contribution in [2.24, 2.45) is 34.5 Å². The zero-order valence-electron chi connectivity index (χ0n) is 26.2. The summed E-state index contributed by atoms with van der Waals surface area (Å²) in [6, 6.07) is 3.48.